The fraction of sp³-hybridized carbons (Fsp3) is 0.650. The van der Waals surface area contributed by atoms with Crippen molar-refractivity contribution in [3.05, 3.63) is 35.9 Å². The van der Waals surface area contributed by atoms with Crippen LogP contribution in [0.4, 0.5) is 4.79 Å². The minimum atomic E-state index is -0.314. The zero-order valence-corrected chi connectivity index (χ0v) is 15.4. The third kappa shape index (κ3) is 4.97. The van der Waals surface area contributed by atoms with Gasteiger partial charge >= 0.3 is 6.03 Å². The van der Waals surface area contributed by atoms with E-state index in [0.29, 0.717) is 13.2 Å². The van der Waals surface area contributed by atoms with Gasteiger partial charge in [0, 0.05) is 6.54 Å². The Morgan fingerprint density at radius 1 is 1.21 bits per heavy atom. The highest BCUT2D eigenvalue weighted by Crippen LogP contribution is 2.33. The van der Waals surface area contributed by atoms with Gasteiger partial charge in [0.05, 0.1) is 24.8 Å². The maximum absolute atomic E-state index is 12.8. The average Bonchev–Trinajstić information content (AvgIpc) is 2.57. The number of rotatable bonds is 7. The maximum atomic E-state index is 12.8. The molecule has 0 spiro atoms. The normalized spacial score (nSPS) is 20.0. The number of carbonyl (C=O) groups is 1. The van der Waals surface area contributed by atoms with E-state index in [1.807, 2.05) is 23.1 Å². The molecular weight excluding hydrogens is 300 g/mol. The van der Waals surface area contributed by atoms with E-state index < -0.39 is 0 Å². The number of carbonyl (C=O) groups excluding carboxylic acids is 1. The quantitative estimate of drug-likeness (QED) is 0.746. The van der Waals surface area contributed by atoms with Gasteiger partial charge in [-0.05, 0) is 25.8 Å². The SMILES string of the molecule is CCCCCCCNC(=O)N1C(c2ccccc2)COCC1(C)C. The molecule has 0 saturated carbocycles. The summed E-state index contributed by atoms with van der Waals surface area (Å²) in [5.41, 5.74) is 0.814. The number of benzene rings is 1. The van der Waals surface area contributed by atoms with Crippen molar-refractivity contribution in [3.63, 3.8) is 0 Å². The highest BCUT2D eigenvalue weighted by atomic mass is 16.5. The fourth-order valence-corrected chi connectivity index (χ4v) is 3.33. The molecule has 1 aliphatic heterocycles. The van der Waals surface area contributed by atoms with Crippen LogP contribution < -0.4 is 5.32 Å². The number of hydrogen-bond donors (Lipinski definition) is 1. The number of amides is 2. The third-order valence-corrected chi connectivity index (χ3v) is 4.65. The molecule has 0 aromatic heterocycles. The molecule has 1 unspecified atom stereocenters. The molecule has 134 valence electrons. The van der Waals surface area contributed by atoms with Gasteiger partial charge in [-0.3, -0.25) is 0 Å². The number of urea groups is 1. The van der Waals surface area contributed by atoms with Crippen LogP contribution >= 0.6 is 0 Å². The lowest BCUT2D eigenvalue weighted by atomic mass is 9.95. The van der Waals surface area contributed by atoms with Crippen molar-refractivity contribution in [2.75, 3.05) is 19.8 Å². The smallest absolute Gasteiger partial charge is 0.318 e. The van der Waals surface area contributed by atoms with Crippen molar-refractivity contribution >= 4 is 6.03 Å². The molecule has 1 atom stereocenters. The van der Waals surface area contributed by atoms with E-state index in [2.05, 4.69) is 38.2 Å². The van der Waals surface area contributed by atoms with Crippen molar-refractivity contribution in [2.45, 2.75) is 64.5 Å². The number of unbranched alkanes of at least 4 members (excludes halogenated alkanes) is 4. The van der Waals surface area contributed by atoms with Crippen molar-refractivity contribution in [1.82, 2.24) is 10.2 Å². The molecule has 1 aromatic carbocycles. The zero-order valence-electron chi connectivity index (χ0n) is 15.4. The standard InChI is InChI=1S/C20H32N2O2/c1-4-5-6-7-11-14-21-19(23)22-18(15-24-16-20(22,2)3)17-12-9-8-10-13-17/h8-10,12-13,18H,4-7,11,14-16H2,1-3H3,(H,21,23). The van der Waals surface area contributed by atoms with Gasteiger partial charge in [-0.2, -0.15) is 0 Å². The average molecular weight is 332 g/mol. The molecule has 24 heavy (non-hydrogen) atoms. The van der Waals surface area contributed by atoms with Crippen molar-refractivity contribution in [3.8, 4) is 0 Å². The van der Waals surface area contributed by atoms with E-state index in [-0.39, 0.29) is 17.6 Å². The van der Waals surface area contributed by atoms with Crippen LogP contribution in [0.5, 0.6) is 0 Å². The van der Waals surface area contributed by atoms with Crippen LogP contribution in [0, 0.1) is 0 Å². The largest absolute Gasteiger partial charge is 0.377 e. The number of hydrogen-bond acceptors (Lipinski definition) is 2. The number of nitrogens with zero attached hydrogens (tertiary/aromatic N) is 1. The summed E-state index contributed by atoms with van der Waals surface area (Å²) in [6.45, 7) is 8.23. The van der Waals surface area contributed by atoms with E-state index in [1.165, 1.54) is 25.7 Å². The Kier molecular flexibility index (Phi) is 7.10. The molecule has 1 fully saturated rings. The Morgan fingerprint density at radius 3 is 2.62 bits per heavy atom. The molecule has 2 rings (SSSR count). The first-order chi connectivity index (χ1) is 11.6. The van der Waals surface area contributed by atoms with Gasteiger partial charge in [-0.1, -0.05) is 62.9 Å². The van der Waals surface area contributed by atoms with Crippen LogP contribution in [0.3, 0.4) is 0 Å². The Bertz CT molecular complexity index is 502. The first-order valence-corrected chi connectivity index (χ1v) is 9.26. The molecule has 1 N–H and O–H groups in total. The number of morpholine rings is 1. The third-order valence-electron chi connectivity index (χ3n) is 4.65. The molecule has 0 aliphatic carbocycles. The summed E-state index contributed by atoms with van der Waals surface area (Å²) in [6, 6.07) is 10.2. The second-order valence-corrected chi connectivity index (χ2v) is 7.27. The van der Waals surface area contributed by atoms with Gasteiger partial charge in [0.1, 0.15) is 0 Å². The Morgan fingerprint density at radius 2 is 1.92 bits per heavy atom. The Hall–Kier alpha value is -1.55. The zero-order chi connectivity index (χ0) is 17.4. The molecule has 0 radical (unpaired) electrons. The monoisotopic (exact) mass is 332 g/mol. The van der Waals surface area contributed by atoms with Crippen LogP contribution in [0.25, 0.3) is 0 Å². The Labute approximate surface area is 146 Å². The van der Waals surface area contributed by atoms with Crippen molar-refractivity contribution in [2.24, 2.45) is 0 Å². The summed E-state index contributed by atoms with van der Waals surface area (Å²) in [5.74, 6) is 0. The lowest BCUT2D eigenvalue weighted by Crippen LogP contribution is -2.59. The summed E-state index contributed by atoms with van der Waals surface area (Å²) in [4.78, 5) is 14.8. The molecule has 1 aromatic rings. The van der Waals surface area contributed by atoms with Crippen LogP contribution in [-0.2, 0) is 4.74 Å². The van der Waals surface area contributed by atoms with Crippen LogP contribution in [0.2, 0.25) is 0 Å². The fourth-order valence-electron chi connectivity index (χ4n) is 3.33. The minimum absolute atomic E-state index is 0.0210. The highest BCUT2D eigenvalue weighted by molar-refractivity contribution is 5.75. The van der Waals surface area contributed by atoms with Gasteiger partial charge in [0.2, 0.25) is 0 Å². The Balaban J connectivity index is 1.98. The molecule has 1 aliphatic rings. The maximum Gasteiger partial charge on any atom is 0.318 e. The van der Waals surface area contributed by atoms with Gasteiger partial charge in [-0.25, -0.2) is 4.79 Å². The second-order valence-electron chi connectivity index (χ2n) is 7.27. The predicted molar refractivity (Wildman–Crippen MR) is 98.1 cm³/mol. The lowest BCUT2D eigenvalue weighted by molar-refractivity contribution is -0.0656. The minimum Gasteiger partial charge on any atom is -0.377 e. The molecule has 1 saturated heterocycles. The highest BCUT2D eigenvalue weighted by Gasteiger charge is 2.41. The van der Waals surface area contributed by atoms with Crippen molar-refractivity contribution in [1.29, 1.82) is 0 Å². The first-order valence-electron chi connectivity index (χ1n) is 9.26. The summed E-state index contributed by atoms with van der Waals surface area (Å²) in [5, 5.41) is 3.12. The molecule has 4 nitrogen and oxygen atoms in total. The van der Waals surface area contributed by atoms with Gasteiger partial charge < -0.3 is 15.0 Å². The summed E-state index contributed by atoms with van der Waals surface area (Å²) in [7, 11) is 0. The van der Waals surface area contributed by atoms with Gasteiger partial charge in [-0.15, -0.1) is 0 Å². The lowest BCUT2D eigenvalue weighted by Gasteiger charge is -2.47. The molecule has 1 heterocycles. The predicted octanol–water partition coefficient (Wildman–Crippen LogP) is 4.52. The molecular formula is C20H32N2O2. The van der Waals surface area contributed by atoms with E-state index in [0.717, 1.165) is 18.5 Å². The van der Waals surface area contributed by atoms with Crippen molar-refractivity contribution < 1.29 is 9.53 Å². The summed E-state index contributed by atoms with van der Waals surface area (Å²) >= 11 is 0. The van der Waals surface area contributed by atoms with E-state index in [1.54, 1.807) is 0 Å². The number of nitrogens with one attached hydrogen (secondary N) is 1. The van der Waals surface area contributed by atoms with E-state index in [4.69, 9.17) is 4.74 Å². The summed E-state index contributed by atoms with van der Waals surface area (Å²) in [6.07, 6.45) is 6.00. The molecule has 0 bridgehead atoms. The topological polar surface area (TPSA) is 41.6 Å². The second kappa shape index (κ2) is 9.07. The molecule has 4 heteroatoms. The van der Waals surface area contributed by atoms with E-state index >= 15 is 0 Å². The molecule has 2 amide bonds. The number of ether oxygens (including phenoxy) is 1. The van der Waals surface area contributed by atoms with Gasteiger partial charge in [0.25, 0.3) is 0 Å². The van der Waals surface area contributed by atoms with Crippen LogP contribution in [0.15, 0.2) is 30.3 Å². The van der Waals surface area contributed by atoms with Gasteiger partial charge in [0.15, 0.2) is 0 Å². The first kappa shape index (κ1) is 18.8. The van der Waals surface area contributed by atoms with Crippen LogP contribution in [-0.4, -0.2) is 36.2 Å². The summed E-state index contributed by atoms with van der Waals surface area (Å²) < 4.78 is 5.78. The van der Waals surface area contributed by atoms with Crippen LogP contribution in [0.1, 0.15) is 64.5 Å². The van der Waals surface area contributed by atoms with E-state index in [9.17, 15) is 4.79 Å².